The molecule has 3 rings (SSSR count). The summed E-state index contributed by atoms with van der Waals surface area (Å²) in [6, 6.07) is 21.1. The van der Waals surface area contributed by atoms with Crippen LogP contribution in [0, 0.1) is 0 Å². The van der Waals surface area contributed by atoms with Crippen molar-refractivity contribution < 1.29 is 43.3 Å². The largest absolute Gasteiger partial charge is 0.508 e. The van der Waals surface area contributed by atoms with Gasteiger partial charge >= 0.3 is 12.1 Å². The van der Waals surface area contributed by atoms with Crippen molar-refractivity contribution in [1.29, 1.82) is 0 Å². The topological polar surface area (TPSA) is 192 Å². The van der Waals surface area contributed by atoms with E-state index in [2.05, 4.69) is 21.3 Å². The van der Waals surface area contributed by atoms with Crippen LogP contribution in [0.5, 0.6) is 5.75 Å². The van der Waals surface area contributed by atoms with Gasteiger partial charge in [0.2, 0.25) is 23.6 Å². The molecule has 0 aromatic heterocycles. The Hall–Kier alpha value is -5.57. The lowest BCUT2D eigenvalue weighted by molar-refractivity contribution is -0.149. The van der Waals surface area contributed by atoms with Crippen LogP contribution in [0.25, 0.3) is 0 Å². The molecule has 0 saturated carbocycles. The zero-order valence-corrected chi connectivity index (χ0v) is 32.6. The van der Waals surface area contributed by atoms with Gasteiger partial charge in [-0.1, -0.05) is 72.8 Å². The molecule has 0 bridgehead atoms. The fraction of sp³-hybridized carbons (Fsp3) is 0.400. The highest BCUT2D eigenvalue weighted by molar-refractivity contribution is 7.98. The SMILES string of the molecule is CSCC[C@H](NC(=O)[C@H](Cc1ccccc1)NC(=O)CNC(=O)CN(C)C(=O)[C@H](Cc1ccc(O)cc1)NC(=O)OC(C)(C)C)C(=O)OCc1ccccc1. The van der Waals surface area contributed by atoms with Gasteiger partial charge in [-0.05, 0) is 68.0 Å². The molecular weight excluding hydrogens is 727 g/mol. The smallest absolute Gasteiger partial charge is 0.408 e. The number of carbonyl (C=O) groups excluding carboxylic acids is 6. The van der Waals surface area contributed by atoms with E-state index < -0.39 is 72.5 Å². The molecule has 0 spiro atoms. The first-order valence-electron chi connectivity index (χ1n) is 17.8. The monoisotopic (exact) mass is 777 g/mol. The number of nitrogens with zero attached hydrogens (tertiary/aromatic N) is 1. The molecule has 0 aliphatic heterocycles. The average Bonchev–Trinajstić information content (AvgIpc) is 3.14. The van der Waals surface area contributed by atoms with Crippen molar-refractivity contribution in [3.8, 4) is 5.75 Å². The summed E-state index contributed by atoms with van der Waals surface area (Å²) in [6.45, 7) is 4.11. The average molecular weight is 778 g/mol. The summed E-state index contributed by atoms with van der Waals surface area (Å²) < 4.78 is 10.8. The number of likely N-dealkylation sites (N-methyl/N-ethyl adjacent to an activating group) is 1. The number of nitrogens with one attached hydrogen (secondary N) is 4. The number of aromatic hydroxyl groups is 1. The lowest BCUT2D eigenvalue weighted by Crippen LogP contribution is -2.54. The first-order chi connectivity index (χ1) is 26.1. The summed E-state index contributed by atoms with van der Waals surface area (Å²) in [5.74, 6) is -2.56. The standard InChI is InChI=1S/C40H51N5O9S/c1-40(2,3)54-39(52)44-33(23-28-16-18-30(46)19-17-28)37(50)45(4)25-35(48)41-24-34(47)42-32(22-27-12-8-6-9-13-27)36(49)43-31(20-21-55-5)38(51)53-26-29-14-10-7-11-15-29/h6-19,31-33,46H,20-26H2,1-5H3,(H,41,48)(H,42,47)(H,43,49)(H,44,52)/t31-,32-,33-/m0/s1. The van der Waals surface area contributed by atoms with Gasteiger partial charge in [-0.25, -0.2) is 9.59 Å². The Kier molecular flexibility index (Phi) is 17.5. The second-order valence-corrected chi connectivity index (χ2v) is 14.8. The number of amides is 5. The van der Waals surface area contributed by atoms with E-state index in [1.807, 2.05) is 42.7 Å². The molecule has 296 valence electrons. The molecule has 5 N–H and O–H groups in total. The van der Waals surface area contributed by atoms with Gasteiger partial charge in [0.15, 0.2) is 0 Å². The molecule has 0 aliphatic rings. The summed E-state index contributed by atoms with van der Waals surface area (Å²) in [5.41, 5.74) is 1.36. The minimum absolute atomic E-state index is 0.0335. The third kappa shape index (κ3) is 16.5. The first-order valence-corrected chi connectivity index (χ1v) is 19.1. The number of rotatable bonds is 19. The van der Waals surface area contributed by atoms with E-state index in [4.69, 9.17) is 9.47 Å². The molecule has 14 nitrogen and oxygen atoms in total. The summed E-state index contributed by atoms with van der Waals surface area (Å²) in [5, 5.41) is 20.1. The van der Waals surface area contributed by atoms with Gasteiger partial charge in [0.25, 0.3) is 0 Å². The van der Waals surface area contributed by atoms with Crippen molar-refractivity contribution in [2.45, 2.75) is 70.4 Å². The zero-order chi connectivity index (χ0) is 40.4. The predicted octanol–water partition coefficient (Wildman–Crippen LogP) is 3.11. The number of benzene rings is 3. The van der Waals surface area contributed by atoms with E-state index in [-0.39, 0.29) is 25.2 Å². The highest BCUT2D eigenvalue weighted by Crippen LogP contribution is 2.14. The molecule has 3 atom stereocenters. The molecule has 15 heteroatoms. The Morgan fingerprint density at radius 3 is 1.93 bits per heavy atom. The number of hydrogen-bond donors (Lipinski definition) is 5. The lowest BCUT2D eigenvalue weighted by Gasteiger charge is -2.26. The molecule has 5 amide bonds. The van der Waals surface area contributed by atoms with E-state index in [1.165, 1.54) is 30.9 Å². The maximum Gasteiger partial charge on any atom is 0.408 e. The minimum atomic E-state index is -1.12. The lowest BCUT2D eigenvalue weighted by atomic mass is 10.0. The summed E-state index contributed by atoms with van der Waals surface area (Å²) >= 11 is 1.51. The number of ether oxygens (including phenoxy) is 2. The molecular formula is C40H51N5O9S. The first kappa shape index (κ1) is 43.8. The number of thioether (sulfide) groups is 1. The Morgan fingerprint density at radius 2 is 1.33 bits per heavy atom. The van der Waals surface area contributed by atoms with Crippen molar-refractivity contribution in [3.05, 3.63) is 102 Å². The summed E-state index contributed by atoms with van der Waals surface area (Å²) in [7, 11) is 1.38. The van der Waals surface area contributed by atoms with Gasteiger partial charge in [-0.3, -0.25) is 19.2 Å². The Bertz CT molecular complexity index is 1720. The Balaban J connectivity index is 1.63. The fourth-order valence-electron chi connectivity index (χ4n) is 5.20. The Morgan fingerprint density at radius 1 is 0.745 bits per heavy atom. The van der Waals surface area contributed by atoms with Crippen LogP contribution >= 0.6 is 11.8 Å². The predicted molar refractivity (Wildman–Crippen MR) is 209 cm³/mol. The van der Waals surface area contributed by atoms with Gasteiger partial charge < -0.3 is 40.7 Å². The summed E-state index contributed by atoms with van der Waals surface area (Å²) in [6.07, 6.45) is 1.50. The molecule has 0 fully saturated rings. The van der Waals surface area contributed by atoms with Crippen molar-refractivity contribution >= 4 is 47.5 Å². The number of esters is 1. The van der Waals surface area contributed by atoms with Crippen LogP contribution in [0.2, 0.25) is 0 Å². The fourth-order valence-corrected chi connectivity index (χ4v) is 5.67. The molecule has 3 aromatic rings. The quantitative estimate of drug-likeness (QED) is 0.113. The van der Waals surface area contributed by atoms with E-state index in [0.717, 1.165) is 16.0 Å². The van der Waals surface area contributed by atoms with Gasteiger partial charge in [0.1, 0.15) is 36.1 Å². The van der Waals surface area contributed by atoms with Crippen LogP contribution in [0.15, 0.2) is 84.9 Å². The van der Waals surface area contributed by atoms with Crippen LogP contribution in [0.4, 0.5) is 4.79 Å². The van der Waals surface area contributed by atoms with Gasteiger partial charge in [0.05, 0.1) is 13.1 Å². The van der Waals surface area contributed by atoms with Crippen LogP contribution in [0.1, 0.15) is 43.9 Å². The maximum absolute atomic E-state index is 13.6. The van der Waals surface area contributed by atoms with Gasteiger partial charge in [0, 0.05) is 19.9 Å². The number of phenolic OH excluding ortho intramolecular Hbond substituents is 1. The van der Waals surface area contributed by atoms with Crippen LogP contribution in [-0.2, 0) is 52.9 Å². The highest BCUT2D eigenvalue weighted by Gasteiger charge is 2.30. The zero-order valence-electron chi connectivity index (χ0n) is 31.8. The van der Waals surface area contributed by atoms with Crippen LogP contribution in [0.3, 0.4) is 0 Å². The second kappa shape index (κ2) is 22.0. The molecule has 0 aliphatic carbocycles. The molecule has 0 radical (unpaired) electrons. The maximum atomic E-state index is 13.6. The Labute approximate surface area is 326 Å². The molecule has 0 saturated heterocycles. The second-order valence-electron chi connectivity index (χ2n) is 13.8. The van der Waals surface area contributed by atoms with Gasteiger partial charge in [-0.2, -0.15) is 11.8 Å². The summed E-state index contributed by atoms with van der Waals surface area (Å²) in [4.78, 5) is 79.9. The van der Waals surface area contributed by atoms with E-state index in [0.29, 0.717) is 17.7 Å². The van der Waals surface area contributed by atoms with Crippen molar-refractivity contribution in [2.24, 2.45) is 0 Å². The number of phenols is 1. The third-order valence-electron chi connectivity index (χ3n) is 7.94. The number of hydrogen-bond acceptors (Lipinski definition) is 10. The normalized spacial score (nSPS) is 12.6. The molecule has 55 heavy (non-hydrogen) atoms. The number of alkyl carbamates (subject to hydrolysis) is 1. The van der Waals surface area contributed by atoms with Crippen molar-refractivity contribution in [3.63, 3.8) is 0 Å². The van der Waals surface area contributed by atoms with Crippen molar-refractivity contribution in [2.75, 3.05) is 32.1 Å². The van der Waals surface area contributed by atoms with E-state index in [1.54, 1.807) is 57.2 Å². The molecule has 0 unspecified atom stereocenters. The van der Waals surface area contributed by atoms with Crippen LogP contribution in [-0.4, -0.2) is 102 Å². The van der Waals surface area contributed by atoms with E-state index in [9.17, 15) is 33.9 Å². The third-order valence-corrected chi connectivity index (χ3v) is 8.58. The molecule has 0 heterocycles. The van der Waals surface area contributed by atoms with E-state index >= 15 is 0 Å². The van der Waals surface area contributed by atoms with Gasteiger partial charge in [-0.15, -0.1) is 0 Å². The number of carbonyl (C=O) groups is 6. The minimum Gasteiger partial charge on any atom is -0.508 e. The molecule has 3 aromatic carbocycles. The van der Waals surface area contributed by atoms with Crippen LogP contribution < -0.4 is 21.3 Å². The highest BCUT2D eigenvalue weighted by atomic mass is 32.2. The van der Waals surface area contributed by atoms with Crippen molar-refractivity contribution in [1.82, 2.24) is 26.2 Å².